The first-order valence-electron chi connectivity index (χ1n) is 7.08. The second-order valence-corrected chi connectivity index (χ2v) is 5.26. The summed E-state index contributed by atoms with van der Waals surface area (Å²) in [6.45, 7) is 3.93. The third kappa shape index (κ3) is 3.35. The van der Waals surface area contributed by atoms with E-state index in [0.29, 0.717) is 0 Å². The Hall–Kier alpha value is -2.03. The van der Waals surface area contributed by atoms with Gasteiger partial charge in [0.1, 0.15) is 11.6 Å². The summed E-state index contributed by atoms with van der Waals surface area (Å²) in [4.78, 5) is 12.7. The second kappa shape index (κ2) is 6.61. The van der Waals surface area contributed by atoms with Crippen molar-refractivity contribution in [2.75, 3.05) is 0 Å². The van der Waals surface area contributed by atoms with Gasteiger partial charge in [-0.25, -0.2) is 8.78 Å². The second-order valence-electron chi connectivity index (χ2n) is 5.26. The zero-order valence-corrected chi connectivity index (χ0v) is 12.1. The summed E-state index contributed by atoms with van der Waals surface area (Å²) in [6, 6.07) is 12.3. The van der Waals surface area contributed by atoms with Crippen LogP contribution in [0.3, 0.4) is 0 Å². The van der Waals surface area contributed by atoms with Gasteiger partial charge in [-0.15, -0.1) is 0 Å². The summed E-state index contributed by atoms with van der Waals surface area (Å²) in [6.07, 6.45) is 0.780. The Labute approximate surface area is 123 Å². The quantitative estimate of drug-likeness (QED) is 0.709. The number of ketones is 1. The summed E-state index contributed by atoms with van der Waals surface area (Å²) in [5.74, 6) is -2.07. The molecule has 2 aromatic carbocycles. The highest BCUT2D eigenvalue weighted by molar-refractivity contribution is 6.01. The molecule has 0 aliphatic heterocycles. The number of hydrogen-bond donors (Lipinski definition) is 0. The molecular formula is C18H18F2O. The third-order valence-electron chi connectivity index (χ3n) is 3.85. The van der Waals surface area contributed by atoms with Gasteiger partial charge in [0.25, 0.3) is 0 Å². The molecule has 3 heteroatoms. The Morgan fingerprint density at radius 1 is 1.10 bits per heavy atom. The Bertz CT molecular complexity index is 622. The van der Waals surface area contributed by atoms with Crippen LogP contribution in [0.5, 0.6) is 0 Å². The molecule has 0 spiro atoms. The summed E-state index contributed by atoms with van der Waals surface area (Å²) in [5.41, 5.74) is 0.657. The van der Waals surface area contributed by atoms with Crippen molar-refractivity contribution in [1.29, 1.82) is 0 Å². The minimum atomic E-state index is -0.675. The number of hydrogen-bond acceptors (Lipinski definition) is 1. The van der Waals surface area contributed by atoms with Crippen LogP contribution in [0.1, 0.15) is 42.1 Å². The van der Waals surface area contributed by atoms with Gasteiger partial charge in [-0.2, -0.15) is 0 Å². The number of rotatable bonds is 5. The highest BCUT2D eigenvalue weighted by Crippen LogP contribution is 2.31. The Kier molecular flexibility index (Phi) is 4.84. The molecule has 2 unspecified atom stereocenters. The standard InChI is InChI=1S/C18H18F2O/c1-3-12(2)17(13-7-5-4-6-8-13)18(21)15-11-14(19)9-10-16(15)20/h4-12,17H,3H2,1-2H3. The predicted octanol–water partition coefficient (Wildman–Crippen LogP) is 4.98. The van der Waals surface area contributed by atoms with E-state index in [-0.39, 0.29) is 17.3 Å². The van der Waals surface area contributed by atoms with Crippen LogP contribution in [0.25, 0.3) is 0 Å². The molecule has 0 bridgehead atoms. The van der Waals surface area contributed by atoms with Crippen molar-refractivity contribution in [3.8, 4) is 0 Å². The molecular weight excluding hydrogens is 270 g/mol. The van der Waals surface area contributed by atoms with E-state index in [1.165, 1.54) is 0 Å². The first kappa shape index (κ1) is 15.4. The van der Waals surface area contributed by atoms with E-state index in [0.717, 1.165) is 30.2 Å². The van der Waals surface area contributed by atoms with Crippen molar-refractivity contribution >= 4 is 5.78 Å². The maximum Gasteiger partial charge on any atom is 0.173 e. The molecule has 2 atom stereocenters. The molecule has 0 saturated heterocycles. The molecule has 110 valence electrons. The minimum absolute atomic E-state index is 0.0440. The zero-order valence-electron chi connectivity index (χ0n) is 12.1. The van der Waals surface area contributed by atoms with Crippen LogP contribution in [0.2, 0.25) is 0 Å². The molecule has 0 aliphatic rings. The van der Waals surface area contributed by atoms with Gasteiger partial charge in [-0.3, -0.25) is 4.79 Å². The highest BCUT2D eigenvalue weighted by Gasteiger charge is 2.28. The van der Waals surface area contributed by atoms with Crippen LogP contribution < -0.4 is 0 Å². The van der Waals surface area contributed by atoms with Gasteiger partial charge >= 0.3 is 0 Å². The monoisotopic (exact) mass is 288 g/mol. The molecule has 0 radical (unpaired) electrons. The largest absolute Gasteiger partial charge is 0.293 e. The van der Waals surface area contributed by atoms with Crippen LogP contribution in [0.4, 0.5) is 8.78 Å². The number of carbonyl (C=O) groups excluding carboxylic acids is 1. The van der Waals surface area contributed by atoms with E-state index in [9.17, 15) is 13.6 Å². The van der Waals surface area contributed by atoms with Crippen LogP contribution in [-0.2, 0) is 0 Å². The van der Waals surface area contributed by atoms with E-state index in [1.54, 1.807) is 0 Å². The molecule has 2 rings (SSSR count). The van der Waals surface area contributed by atoms with Crippen molar-refractivity contribution < 1.29 is 13.6 Å². The van der Waals surface area contributed by atoms with Crippen molar-refractivity contribution in [1.82, 2.24) is 0 Å². The topological polar surface area (TPSA) is 17.1 Å². The fourth-order valence-electron chi connectivity index (χ4n) is 2.49. The van der Waals surface area contributed by atoms with Crippen LogP contribution in [0.15, 0.2) is 48.5 Å². The number of halogens is 2. The van der Waals surface area contributed by atoms with E-state index < -0.39 is 17.6 Å². The van der Waals surface area contributed by atoms with E-state index in [4.69, 9.17) is 0 Å². The van der Waals surface area contributed by atoms with Crippen molar-refractivity contribution in [3.05, 3.63) is 71.3 Å². The zero-order chi connectivity index (χ0) is 15.4. The fourth-order valence-corrected chi connectivity index (χ4v) is 2.49. The molecule has 0 aliphatic carbocycles. The molecule has 0 heterocycles. The maximum absolute atomic E-state index is 13.9. The van der Waals surface area contributed by atoms with Crippen LogP contribution in [0, 0.1) is 17.6 Å². The maximum atomic E-state index is 13.9. The lowest BCUT2D eigenvalue weighted by molar-refractivity contribution is 0.0927. The molecule has 2 aromatic rings. The van der Waals surface area contributed by atoms with Gasteiger partial charge in [-0.1, -0.05) is 50.6 Å². The summed E-state index contributed by atoms with van der Waals surface area (Å²) < 4.78 is 27.2. The highest BCUT2D eigenvalue weighted by atomic mass is 19.1. The number of Topliss-reactive ketones (excluding diaryl/α,β-unsaturated/α-hetero) is 1. The van der Waals surface area contributed by atoms with E-state index in [2.05, 4.69) is 0 Å². The van der Waals surface area contributed by atoms with Crippen LogP contribution >= 0.6 is 0 Å². The first-order valence-corrected chi connectivity index (χ1v) is 7.08. The van der Waals surface area contributed by atoms with E-state index in [1.807, 2.05) is 44.2 Å². The van der Waals surface area contributed by atoms with Gasteiger partial charge < -0.3 is 0 Å². The molecule has 0 amide bonds. The van der Waals surface area contributed by atoms with Crippen molar-refractivity contribution in [2.24, 2.45) is 5.92 Å². The van der Waals surface area contributed by atoms with E-state index >= 15 is 0 Å². The SMILES string of the molecule is CCC(C)C(C(=O)c1cc(F)ccc1F)c1ccccc1. The summed E-state index contributed by atoms with van der Waals surface area (Å²) in [7, 11) is 0. The van der Waals surface area contributed by atoms with Gasteiger partial charge in [0.2, 0.25) is 0 Å². The molecule has 0 N–H and O–H groups in total. The average molecular weight is 288 g/mol. The minimum Gasteiger partial charge on any atom is -0.293 e. The lowest BCUT2D eigenvalue weighted by Crippen LogP contribution is -2.21. The molecule has 0 aromatic heterocycles. The van der Waals surface area contributed by atoms with Crippen LogP contribution in [-0.4, -0.2) is 5.78 Å². The third-order valence-corrected chi connectivity index (χ3v) is 3.85. The van der Waals surface area contributed by atoms with Crippen molar-refractivity contribution in [2.45, 2.75) is 26.2 Å². The predicted molar refractivity (Wildman–Crippen MR) is 79.3 cm³/mol. The Morgan fingerprint density at radius 3 is 2.38 bits per heavy atom. The average Bonchev–Trinajstić information content (AvgIpc) is 2.50. The number of benzene rings is 2. The van der Waals surface area contributed by atoms with Gasteiger partial charge in [0.15, 0.2) is 5.78 Å². The first-order chi connectivity index (χ1) is 10.0. The fraction of sp³-hybridized carbons (Fsp3) is 0.278. The van der Waals surface area contributed by atoms with Gasteiger partial charge in [0.05, 0.1) is 11.5 Å². The lowest BCUT2D eigenvalue weighted by Gasteiger charge is -2.22. The molecule has 1 nitrogen and oxygen atoms in total. The summed E-state index contributed by atoms with van der Waals surface area (Å²) >= 11 is 0. The Morgan fingerprint density at radius 2 is 1.76 bits per heavy atom. The Balaban J connectivity index is 2.46. The molecule has 21 heavy (non-hydrogen) atoms. The smallest absolute Gasteiger partial charge is 0.173 e. The molecule has 0 saturated carbocycles. The van der Waals surface area contributed by atoms with Gasteiger partial charge in [0, 0.05) is 0 Å². The van der Waals surface area contributed by atoms with Crippen molar-refractivity contribution in [3.63, 3.8) is 0 Å². The number of carbonyl (C=O) groups is 1. The summed E-state index contributed by atoms with van der Waals surface area (Å²) in [5, 5.41) is 0. The normalized spacial score (nSPS) is 13.7. The lowest BCUT2D eigenvalue weighted by atomic mass is 9.80. The molecule has 0 fully saturated rings. The van der Waals surface area contributed by atoms with Gasteiger partial charge in [-0.05, 0) is 29.7 Å².